The zero-order valence-corrected chi connectivity index (χ0v) is 11.0. The van der Waals surface area contributed by atoms with Gasteiger partial charge in [0.25, 0.3) is 0 Å². The van der Waals surface area contributed by atoms with Crippen molar-refractivity contribution in [3.63, 3.8) is 0 Å². The first-order valence-corrected chi connectivity index (χ1v) is 5.97. The SMILES string of the molecule is COc1ccc2c(N(C)CCC(=O)O)nccc2c1. The van der Waals surface area contributed by atoms with Gasteiger partial charge in [-0.15, -0.1) is 0 Å². The van der Waals surface area contributed by atoms with E-state index in [4.69, 9.17) is 9.84 Å². The molecule has 100 valence electrons. The maximum absolute atomic E-state index is 10.6. The van der Waals surface area contributed by atoms with Gasteiger partial charge in [0.2, 0.25) is 0 Å². The molecular formula is C14H16N2O3. The van der Waals surface area contributed by atoms with Crippen LogP contribution >= 0.6 is 0 Å². The zero-order valence-electron chi connectivity index (χ0n) is 11.0. The Bertz CT molecular complexity index is 598. The number of rotatable bonds is 5. The maximum Gasteiger partial charge on any atom is 0.305 e. The molecule has 1 aromatic heterocycles. The van der Waals surface area contributed by atoms with E-state index < -0.39 is 5.97 Å². The van der Waals surface area contributed by atoms with Gasteiger partial charge in [0.05, 0.1) is 13.5 Å². The molecule has 0 spiro atoms. The van der Waals surface area contributed by atoms with Gasteiger partial charge >= 0.3 is 5.97 Å². The minimum atomic E-state index is -0.811. The maximum atomic E-state index is 10.6. The summed E-state index contributed by atoms with van der Waals surface area (Å²) in [6.07, 6.45) is 1.80. The quantitative estimate of drug-likeness (QED) is 0.892. The fourth-order valence-electron chi connectivity index (χ4n) is 1.94. The van der Waals surface area contributed by atoms with Crippen LogP contribution in [-0.4, -0.2) is 36.8 Å². The van der Waals surface area contributed by atoms with Crippen molar-refractivity contribution in [3.05, 3.63) is 30.5 Å². The van der Waals surface area contributed by atoms with E-state index in [-0.39, 0.29) is 6.42 Å². The van der Waals surface area contributed by atoms with Crippen molar-refractivity contribution in [2.45, 2.75) is 6.42 Å². The summed E-state index contributed by atoms with van der Waals surface area (Å²) in [5.41, 5.74) is 0. The first kappa shape index (κ1) is 13.1. The Morgan fingerprint density at radius 3 is 2.89 bits per heavy atom. The van der Waals surface area contributed by atoms with E-state index in [9.17, 15) is 4.79 Å². The van der Waals surface area contributed by atoms with Crippen molar-refractivity contribution in [2.75, 3.05) is 25.6 Å². The van der Waals surface area contributed by atoms with E-state index >= 15 is 0 Å². The molecule has 0 aliphatic carbocycles. The molecule has 2 aromatic rings. The summed E-state index contributed by atoms with van der Waals surface area (Å²) in [5, 5.41) is 10.7. The van der Waals surface area contributed by atoms with Crippen LogP contribution in [0.25, 0.3) is 10.8 Å². The number of aromatic nitrogens is 1. The molecule has 19 heavy (non-hydrogen) atoms. The number of aliphatic carboxylic acids is 1. The van der Waals surface area contributed by atoms with Crippen LogP contribution in [-0.2, 0) is 4.79 Å². The molecule has 0 unspecified atom stereocenters. The first-order valence-electron chi connectivity index (χ1n) is 5.97. The molecule has 0 radical (unpaired) electrons. The molecule has 0 amide bonds. The normalized spacial score (nSPS) is 10.4. The van der Waals surface area contributed by atoms with Crippen molar-refractivity contribution in [2.24, 2.45) is 0 Å². The Labute approximate surface area is 111 Å². The van der Waals surface area contributed by atoms with Gasteiger partial charge in [-0.3, -0.25) is 4.79 Å². The van der Waals surface area contributed by atoms with Crippen LogP contribution < -0.4 is 9.64 Å². The third-order valence-corrected chi connectivity index (χ3v) is 2.97. The molecular weight excluding hydrogens is 244 g/mol. The number of hydrogen-bond acceptors (Lipinski definition) is 4. The van der Waals surface area contributed by atoms with Crippen LogP contribution in [0.5, 0.6) is 5.75 Å². The van der Waals surface area contributed by atoms with E-state index in [0.717, 1.165) is 22.3 Å². The number of fused-ring (bicyclic) bond motifs is 1. The number of nitrogens with zero attached hydrogens (tertiary/aromatic N) is 2. The highest BCUT2D eigenvalue weighted by Crippen LogP contribution is 2.27. The Morgan fingerprint density at radius 2 is 2.21 bits per heavy atom. The number of carbonyl (C=O) groups is 1. The monoisotopic (exact) mass is 260 g/mol. The van der Waals surface area contributed by atoms with Crippen LogP contribution in [0.3, 0.4) is 0 Å². The summed E-state index contributed by atoms with van der Waals surface area (Å²) >= 11 is 0. The molecule has 0 atom stereocenters. The van der Waals surface area contributed by atoms with E-state index in [1.54, 1.807) is 13.3 Å². The second-order valence-corrected chi connectivity index (χ2v) is 4.29. The van der Waals surface area contributed by atoms with Gasteiger partial charge < -0.3 is 14.7 Å². The summed E-state index contributed by atoms with van der Waals surface area (Å²) < 4.78 is 5.19. The lowest BCUT2D eigenvalue weighted by molar-refractivity contribution is -0.136. The number of carboxylic acids is 1. The minimum absolute atomic E-state index is 0.0880. The van der Waals surface area contributed by atoms with E-state index in [0.29, 0.717) is 6.54 Å². The molecule has 1 aromatic carbocycles. The molecule has 1 heterocycles. The van der Waals surface area contributed by atoms with Gasteiger partial charge in [-0.25, -0.2) is 4.98 Å². The number of carboxylic acid groups (broad SMARTS) is 1. The molecule has 1 N–H and O–H groups in total. The first-order chi connectivity index (χ1) is 9.11. The minimum Gasteiger partial charge on any atom is -0.497 e. The van der Waals surface area contributed by atoms with Gasteiger partial charge in [-0.05, 0) is 29.7 Å². The topological polar surface area (TPSA) is 62.7 Å². The largest absolute Gasteiger partial charge is 0.497 e. The van der Waals surface area contributed by atoms with Crippen molar-refractivity contribution < 1.29 is 14.6 Å². The molecule has 5 nitrogen and oxygen atoms in total. The van der Waals surface area contributed by atoms with Crippen molar-refractivity contribution in [1.82, 2.24) is 4.98 Å². The highest BCUT2D eigenvalue weighted by molar-refractivity contribution is 5.93. The predicted molar refractivity (Wildman–Crippen MR) is 73.8 cm³/mol. The second-order valence-electron chi connectivity index (χ2n) is 4.29. The number of hydrogen-bond donors (Lipinski definition) is 1. The summed E-state index contributed by atoms with van der Waals surface area (Å²) in [7, 11) is 3.47. The van der Waals surface area contributed by atoms with Gasteiger partial charge in [-0.1, -0.05) is 0 Å². The predicted octanol–water partition coefficient (Wildman–Crippen LogP) is 2.15. The number of pyridine rings is 1. The smallest absolute Gasteiger partial charge is 0.305 e. The molecule has 5 heteroatoms. The zero-order chi connectivity index (χ0) is 13.8. The van der Waals surface area contributed by atoms with Gasteiger partial charge in [0, 0.05) is 25.2 Å². The van der Waals surface area contributed by atoms with Gasteiger partial charge in [-0.2, -0.15) is 0 Å². The van der Waals surface area contributed by atoms with Crippen molar-refractivity contribution in [1.29, 1.82) is 0 Å². The molecule has 0 saturated carbocycles. The average Bonchev–Trinajstić information content (AvgIpc) is 2.43. The van der Waals surface area contributed by atoms with Crippen LogP contribution in [0.4, 0.5) is 5.82 Å². The fraction of sp³-hybridized carbons (Fsp3) is 0.286. The van der Waals surface area contributed by atoms with Crippen LogP contribution in [0.1, 0.15) is 6.42 Å². The van der Waals surface area contributed by atoms with Crippen molar-refractivity contribution in [3.8, 4) is 5.75 Å². The number of anilines is 1. The lowest BCUT2D eigenvalue weighted by Gasteiger charge is -2.19. The lowest BCUT2D eigenvalue weighted by atomic mass is 10.1. The van der Waals surface area contributed by atoms with Crippen LogP contribution in [0.2, 0.25) is 0 Å². The average molecular weight is 260 g/mol. The highest BCUT2D eigenvalue weighted by atomic mass is 16.5. The van der Waals surface area contributed by atoms with E-state index in [2.05, 4.69) is 4.98 Å². The Morgan fingerprint density at radius 1 is 1.42 bits per heavy atom. The third-order valence-electron chi connectivity index (χ3n) is 2.97. The summed E-state index contributed by atoms with van der Waals surface area (Å²) in [6, 6.07) is 7.66. The molecule has 0 saturated heterocycles. The Kier molecular flexibility index (Phi) is 3.85. The molecule has 0 bridgehead atoms. The molecule has 2 rings (SSSR count). The number of benzene rings is 1. The molecule has 0 aliphatic rings. The fourth-order valence-corrected chi connectivity index (χ4v) is 1.94. The third kappa shape index (κ3) is 2.93. The van der Waals surface area contributed by atoms with Gasteiger partial charge in [0.1, 0.15) is 11.6 Å². The Balaban J connectivity index is 2.35. The lowest BCUT2D eigenvalue weighted by Crippen LogP contribution is -2.22. The summed E-state index contributed by atoms with van der Waals surface area (Å²) in [4.78, 5) is 16.8. The van der Waals surface area contributed by atoms with Crippen molar-refractivity contribution >= 4 is 22.6 Å². The number of ether oxygens (including phenoxy) is 1. The molecule has 0 fully saturated rings. The Hall–Kier alpha value is -2.30. The molecule has 0 aliphatic heterocycles. The van der Waals surface area contributed by atoms with Crippen LogP contribution in [0.15, 0.2) is 30.5 Å². The summed E-state index contributed by atoms with van der Waals surface area (Å²) in [5.74, 6) is 0.757. The summed E-state index contributed by atoms with van der Waals surface area (Å²) in [6.45, 7) is 0.424. The number of methoxy groups -OCH3 is 1. The second kappa shape index (κ2) is 5.56. The van der Waals surface area contributed by atoms with Gasteiger partial charge in [0.15, 0.2) is 0 Å². The van der Waals surface area contributed by atoms with E-state index in [1.165, 1.54) is 0 Å². The highest BCUT2D eigenvalue weighted by Gasteiger charge is 2.09. The van der Waals surface area contributed by atoms with Crippen LogP contribution in [0, 0.1) is 0 Å². The standard InChI is InChI=1S/C14H16N2O3/c1-16(8-6-13(17)18)14-12-4-3-11(19-2)9-10(12)5-7-15-14/h3-5,7,9H,6,8H2,1-2H3,(H,17,18). The van der Waals surface area contributed by atoms with E-state index in [1.807, 2.05) is 36.2 Å².